The Bertz CT molecular complexity index is 1010. The molecule has 0 amide bonds. The van der Waals surface area contributed by atoms with Gasteiger partial charge in [0.2, 0.25) is 0 Å². The number of allylic oxidation sites excluding steroid dienone is 6. The van der Waals surface area contributed by atoms with Crippen LogP contribution in [0.3, 0.4) is 0 Å². The predicted octanol–water partition coefficient (Wildman–Crippen LogP) is 8.04. The SMILES string of the molecule is C=C(N=C(C)/C(=C/C=C(\C)c1ccc(C)c(C(C)CC)c1)C(C)=C(C)C)N1CCC(C=O)CC1. The molecule has 1 atom stereocenters. The Morgan fingerprint density at radius 1 is 1.15 bits per heavy atom. The van der Waals surface area contributed by atoms with Gasteiger partial charge in [0, 0.05) is 24.7 Å². The van der Waals surface area contributed by atoms with Crippen LogP contribution < -0.4 is 0 Å². The average molecular weight is 461 g/mol. The highest BCUT2D eigenvalue weighted by molar-refractivity contribution is 6.03. The van der Waals surface area contributed by atoms with Crippen molar-refractivity contribution in [2.75, 3.05) is 13.1 Å². The Kier molecular flexibility index (Phi) is 10.3. The number of aliphatic imine (C=N–C) groups is 1. The van der Waals surface area contributed by atoms with Gasteiger partial charge in [0.05, 0.1) is 0 Å². The van der Waals surface area contributed by atoms with Crippen molar-refractivity contribution in [1.29, 1.82) is 0 Å². The molecule has 3 nitrogen and oxygen atoms in total. The van der Waals surface area contributed by atoms with E-state index >= 15 is 0 Å². The van der Waals surface area contributed by atoms with E-state index in [1.165, 1.54) is 33.4 Å². The van der Waals surface area contributed by atoms with Crippen molar-refractivity contribution in [3.63, 3.8) is 0 Å². The van der Waals surface area contributed by atoms with E-state index in [0.29, 0.717) is 5.92 Å². The second-order valence-electron chi connectivity index (χ2n) is 10.0. The number of aldehydes is 1. The molecule has 0 radical (unpaired) electrons. The van der Waals surface area contributed by atoms with Gasteiger partial charge in [0.1, 0.15) is 12.1 Å². The van der Waals surface area contributed by atoms with Gasteiger partial charge >= 0.3 is 0 Å². The molecule has 1 aromatic carbocycles. The van der Waals surface area contributed by atoms with Gasteiger partial charge in [-0.1, -0.05) is 56.4 Å². The van der Waals surface area contributed by atoms with E-state index in [2.05, 4.69) is 97.2 Å². The van der Waals surface area contributed by atoms with Crippen molar-refractivity contribution in [3.05, 3.63) is 76.2 Å². The highest BCUT2D eigenvalue weighted by Crippen LogP contribution is 2.27. The van der Waals surface area contributed by atoms with Crippen LogP contribution in [0.15, 0.2) is 64.5 Å². The van der Waals surface area contributed by atoms with E-state index in [4.69, 9.17) is 4.99 Å². The standard InChI is InChI=1S/C31H44N2O/c1-10-22(4)31-19-29(13-11-24(31)6)23(5)12-14-30(25(7)21(2)3)26(8)32-27(9)33-17-15-28(20-34)16-18-33/h11-14,19-20,22,28H,9-10,15-18H2,1-8H3/b23-12+,30-14+,32-26?. The minimum atomic E-state index is 0.174. The maximum Gasteiger partial charge on any atom is 0.123 e. The minimum absolute atomic E-state index is 0.174. The van der Waals surface area contributed by atoms with Crippen molar-refractivity contribution in [3.8, 4) is 0 Å². The molecule has 184 valence electrons. The Morgan fingerprint density at radius 3 is 2.35 bits per heavy atom. The zero-order chi connectivity index (χ0) is 25.4. The fourth-order valence-electron chi connectivity index (χ4n) is 4.35. The fraction of sp³-hybridized carbons (Fsp3) is 0.484. The summed E-state index contributed by atoms with van der Waals surface area (Å²) in [7, 11) is 0. The molecule has 34 heavy (non-hydrogen) atoms. The van der Waals surface area contributed by atoms with Crippen molar-refractivity contribution in [1.82, 2.24) is 4.90 Å². The summed E-state index contributed by atoms with van der Waals surface area (Å²) in [4.78, 5) is 18.2. The predicted molar refractivity (Wildman–Crippen MR) is 148 cm³/mol. The van der Waals surface area contributed by atoms with E-state index in [1.54, 1.807) is 0 Å². The van der Waals surface area contributed by atoms with Crippen LogP contribution in [0.2, 0.25) is 0 Å². The van der Waals surface area contributed by atoms with Crippen LogP contribution in [0.5, 0.6) is 0 Å². The number of likely N-dealkylation sites (tertiary alicyclic amines) is 1. The van der Waals surface area contributed by atoms with E-state index < -0.39 is 0 Å². The van der Waals surface area contributed by atoms with Crippen molar-refractivity contribution < 1.29 is 4.79 Å². The quantitative estimate of drug-likeness (QED) is 0.212. The average Bonchev–Trinajstić information content (AvgIpc) is 2.83. The van der Waals surface area contributed by atoms with E-state index in [0.717, 1.165) is 55.7 Å². The van der Waals surface area contributed by atoms with Crippen LogP contribution in [0, 0.1) is 12.8 Å². The fourth-order valence-corrected chi connectivity index (χ4v) is 4.35. The van der Waals surface area contributed by atoms with Crippen LogP contribution in [0.25, 0.3) is 5.57 Å². The van der Waals surface area contributed by atoms with Crippen molar-refractivity contribution in [2.45, 2.75) is 80.6 Å². The van der Waals surface area contributed by atoms with Crippen molar-refractivity contribution >= 4 is 17.6 Å². The molecule has 2 rings (SSSR count). The van der Waals surface area contributed by atoms with Gasteiger partial charge in [-0.25, -0.2) is 4.99 Å². The second-order valence-corrected chi connectivity index (χ2v) is 10.0. The number of carbonyl (C=O) groups excluding carboxylic acids is 1. The third-order valence-corrected chi connectivity index (χ3v) is 7.32. The second kappa shape index (κ2) is 12.7. The highest BCUT2D eigenvalue weighted by Gasteiger charge is 2.19. The zero-order valence-electron chi connectivity index (χ0n) is 22.7. The molecule has 1 aliphatic heterocycles. The summed E-state index contributed by atoms with van der Waals surface area (Å²) in [5, 5.41) is 0. The lowest BCUT2D eigenvalue weighted by Gasteiger charge is -2.31. The Hall–Kier alpha value is -2.68. The van der Waals surface area contributed by atoms with E-state index in [9.17, 15) is 4.79 Å². The lowest BCUT2D eigenvalue weighted by molar-refractivity contribution is -0.112. The number of piperidine rings is 1. The van der Waals surface area contributed by atoms with Crippen LogP contribution in [0.4, 0.5) is 0 Å². The maximum absolute atomic E-state index is 11.1. The molecule has 1 aromatic rings. The molecule has 0 spiro atoms. The zero-order valence-corrected chi connectivity index (χ0v) is 22.7. The summed E-state index contributed by atoms with van der Waals surface area (Å²) >= 11 is 0. The molecule has 1 aliphatic rings. The number of carbonyl (C=O) groups is 1. The molecule has 0 aromatic heterocycles. The molecule has 1 unspecified atom stereocenters. The molecule has 0 bridgehead atoms. The van der Waals surface area contributed by atoms with Crippen LogP contribution in [0.1, 0.15) is 90.3 Å². The summed E-state index contributed by atoms with van der Waals surface area (Å²) in [5.41, 5.74) is 9.92. The number of aryl methyl sites for hydroxylation is 1. The van der Waals surface area contributed by atoms with Gasteiger partial charge in [-0.3, -0.25) is 0 Å². The number of hydrogen-bond acceptors (Lipinski definition) is 3. The third-order valence-electron chi connectivity index (χ3n) is 7.32. The minimum Gasteiger partial charge on any atom is -0.357 e. The van der Waals surface area contributed by atoms with Gasteiger partial charge in [0.15, 0.2) is 0 Å². The molecule has 0 N–H and O–H groups in total. The van der Waals surface area contributed by atoms with Crippen LogP contribution >= 0.6 is 0 Å². The first kappa shape index (κ1) is 27.6. The van der Waals surface area contributed by atoms with E-state index in [-0.39, 0.29) is 5.92 Å². The normalized spacial score (nSPS) is 16.9. The Labute approximate surface area is 208 Å². The summed E-state index contributed by atoms with van der Waals surface area (Å²) < 4.78 is 0. The number of nitrogens with zero attached hydrogens (tertiary/aromatic N) is 2. The molecular weight excluding hydrogens is 416 g/mol. The van der Waals surface area contributed by atoms with Gasteiger partial charge < -0.3 is 9.69 Å². The first-order valence-electron chi connectivity index (χ1n) is 12.7. The first-order chi connectivity index (χ1) is 16.1. The number of benzene rings is 1. The first-order valence-corrected chi connectivity index (χ1v) is 12.7. The lowest BCUT2D eigenvalue weighted by Crippen LogP contribution is -2.33. The molecule has 3 heteroatoms. The van der Waals surface area contributed by atoms with Crippen LogP contribution in [-0.2, 0) is 4.79 Å². The maximum atomic E-state index is 11.1. The number of hydrogen-bond donors (Lipinski definition) is 0. The summed E-state index contributed by atoms with van der Waals surface area (Å²) in [6.07, 6.45) is 8.40. The Morgan fingerprint density at radius 2 is 1.79 bits per heavy atom. The van der Waals surface area contributed by atoms with Gasteiger partial charge in [0.25, 0.3) is 0 Å². The monoisotopic (exact) mass is 460 g/mol. The molecule has 1 saturated heterocycles. The highest BCUT2D eigenvalue weighted by atomic mass is 16.1. The van der Waals surface area contributed by atoms with Gasteiger partial charge in [-0.2, -0.15) is 0 Å². The molecule has 1 heterocycles. The van der Waals surface area contributed by atoms with E-state index in [1.807, 2.05) is 0 Å². The Balaban J connectivity index is 2.36. The largest absolute Gasteiger partial charge is 0.357 e. The molecule has 1 fully saturated rings. The van der Waals surface area contributed by atoms with Gasteiger partial charge in [-0.05, 0) is 100 Å². The third kappa shape index (κ3) is 7.16. The van der Waals surface area contributed by atoms with Crippen LogP contribution in [-0.4, -0.2) is 30.0 Å². The lowest BCUT2D eigenvalue weighted by atomic mass is 9.91. The summed E-state index contributed by atoms with van der Waals surface area (Å²) in [5.74, 6) is 1.52. The molecular formula is C31H44N2O. The number of rotatable bonds is 9. The molecule has 0 saturated carbocycles. The smallest absolute Gasteiger partial charge is 0.123 e. The summed E-state index contributed by atoms with van der Waals surface area (Å²) in [6, 6.07) is 6.81. The van der Waals surface area contributed by atoms with Gasteiger partial charge in [-0.15, -0.1) is 0 Å². The molecule has 0 aliphatic carbocycles. The van der Waals surface area contributed by atoms with Crippen molar-refractivity contribution in [2.24, 2.45) is 10.9 Å². The summed E-state index contributed by atoms with van der Waals surface area (Å²) in [6.45, 7) is 23.4. The topological polar surface area (TPSA) is 32.7 Å².